The molecule has 0 aliphatic heterocycles. The Labute approximate surface area is 155 Å². The summed E-state index contributed by atoms with van der Waals surface area (Å²) in [4.78, 5) is 24.9. The molecule has 3 aromatic rings. The van der Waals surface area contributed by atoms with Crippen LogP contribution >= 0.6 is 0 Å². The first-order valence-electron chi connectivity index (χ1n) is 8.76. The van der Waals surface area contributed by atoms with Crippen molar-refractivity contribution in [2.75, 3.05) is 0 Å². The zero-order valence-corrected chi connectivity index (χ0v) is 15.7. The number of nitrogens with zero attached hydrogens (tertiary/aromatic N) is 4. The van der Waals surface area contributed by atoms with Crippen LogP contribution in [0, 0.1) is 12.7 Å². The van der Waals surface area contributed by atoms with Gasteiger partial charge < -0.3 is 5.32 Å². The molecule has 0 radical (unpaired) electrons. The van der Waals surface area contributed by atoms with Crippen molar-refractivity contribution >= 4 is 16.8 Å². The zero-order valence-electron chi connectivity index (χ0n) is 15.7. The summed E-state index contributed by atoms with van der Waals surface area (Å²) in [6.45, 7) is 7.15. The summed E-state index contributed by atoms with van der Waals surface area (Å²) >= 11 is 0. The molecule has 3 rings (SSSR count). The summed E-state index contributed by atoms with van der Waals surface area (Å²) in [5.41, 5.74) is 1.44. The van der Waals surface area contributed by atoms with Crippen molar-refractivity contribution < 1.29 is 9.18 Å². The maximum absolute atomic E-state index is 14.1. The van der Waals surface area contributed by atoms with E-state index < -0.39 is 11.9 Å². The Hall–Kier alpha value is -3.03. The molecule has 0 saturated heterocycles. The highest BCUT2D eigenvalue weighted by Crippen LogP contribution is 2.18. The molecule has 1 amide bonds. The van der Waals surface area contributed by atoms with Gasteiger partial charge in [-0.3, -0.25) is 14.3 Å². The first kappa shape index (κ1) is 18.8. The van der Waals surface area contributed by atoms with Crippen LogP contribution in [-0.4, -0.2) is 25.5 Å². The van der Waals surface area contributed by atoms with Crippen molar-refractivity contribution in [3.05, 3.63) is 57.9 Å². The van der Waals surface area contributed by atoms with Crippen LogP contribution in [0.1, 0.15) is 44.0 Å². The molecule has 7 nitrogen and oxygen atoms in total. The average molecular weight is 371 g/mol. The number of benzene rings is 1. The lowest BCUT2D eigenvalue weighted by Gasteiger charge is -2.16. The fraction of sp³-hybridized carbons (Fsp3) is 0.368. The van der Waals surface area contributed by atoms with E-state index in [4.69, 9.17) is 0 Å². The van der Waals surface area contributed by atoms with Gasteiger partial charge in [-0.2, -0.15) is 10.2 Å². The van der Waals surface area contributed by atoms with E-state index >= 15 is 0 Å². The molecule has 2 aromatic heterocycles. The number of amides is 1. The van der Waals surface area contributed by atoms with Crippen molar-refractivity contribution in [2.45, 2.75) is 46.3 Å². The van der Waals surface area contributed by atoms with Gasteiger partial charge in [0.15, 0.2) is 0 Å². The Morgan fingerprint density at radius 2 is 1.96 bits per heavy atom. The number of carbonyl (C=O) groups excluding carboxylic acids is 1. The van der Waals surface area contributed by atoms with Crippen molar-refractivity contribution in [1.29, 1.82) is 0 Å². The Kier molecular flexibility index (Phi) is 5.07. The molecular formula is C19H22FN5O2. The molecule has 0 aliphatic rings. The fourth-order valence-electron chi connectivity index (χ4n) is 2.99. The summed E-state index contributed by atoms with van der Waals surface area (Å²) in [6, 6.07) is 4.42. The lowest BCUT2D eigenvalue weighted by Crippen LogP contribution is -2.35. The first-order valence-corrected chi connectivity index (χ1v) is 8.76. The number of hydrogen-bond acceptors (Lipinski definition) is 4. The third-order valence-corrected chi connectivity index (χ3v) is 4.40. The highest BCUT2D eigenvalue weighted by atomic mass is 19.1. The molecule has 0 spiro atoms. The monoisotopic (exact) mass is 371 g/mol. The molecule has 1 aromatic carbocycles. The summed E-state index contributed by atoms with van der Waals surface area (Å²) in [6.07, 6.45) is 3.01. The van der Waals surface area contributed by atoms with Crippen molar-refractivity contribution in [3.8, 4) is 0 Å². The minimum atomic E-state index is -0.527. The Bertz CT molecular complexity index is 1050. The molecule has 27 heavy (non-hydrogen) atoms. The number of halogens is 1. The molecule has 0 saturated carbocycles. The third-order valence-electron chi connectivity index (χ3n) is 4.40. The van der Waals surface area contributed by atoms with Gasteiger partial charge >= 0.3 is 0 Å². The summed E-state index contributed by atoms with van der Waals surface area (Å²) < 4.78 is 16.8. The van der Waals surface area contributed by atoms with Gasteiger partial charge in [-0.1, -0.05) is 12.1 Å². The van der Waals surface area contributed by atoms with Gasteiger partial charge in [-0.15, -0.1) is 0 Å². The van der Waals surface area contributed by atoms with E-state index in [-0.39, 0.29) is 24.0 Å². The van der Waals surface area contributed by atoms with Crippen LogP contribution in [0.5, 0.6) is 0 Å². The maximum atomic E-state index is 14.1. The van der Waals surface area contributed by atoms with Gasteiger partial charge in [0.1, 0.15) is 12.4 Å². The molecule has 142 valence electrons. The standard InChI is InChI=1S/C19H22FN5O2/c1-11(2)25-17-9-21-24(19(27)15(17)8-22-25)10-18(26)23-13(4)14-6-5-12(3)7-16(14)20/h5-9,11,13H,10H2,1-4H3,(H,23,26)/t13-/m0/s1. The van der Waals surface area contributed by atoms with E-state index in [1.165, 1.54) is 18.5 Å². The number of rotatable bonds is 5. The van der Waals surface area contributed by atoms with Crippen LogP contribution in [0.4, 0.5) is 4.39 Å². The maximum Gasteiger partial charge on any atom is 0.278 e. The van der Waals surface area contributed by atoms with Gasteiger partial charge in [0.05, 0.1) is 29.3 Å². The van der Waals surface area contributed by atoms with Gasteiger partial charge in [-0.05, 0) is 39.3 Å². The Morgan fingerprint density at radius 3 is 2.63 bits per heavy atom. The molecule has 1 N–H and O–H groups in total. The van der Waals surface area contributed by atoms with Crippen LogP contribution in [0.15, 0.2) is 35.4 Å². The fourth-order valence-corrected chi connectivity index (χ4v) is 2.99. The van der Waals surface area contributed by atoms with Crippen molar-refractivity contribution in [2.24, 2.45) is 0 Å². The van der Waals surface area contributed by atoms with Crippen LogP contribution in [0.25, 0.3) is 10.9 Å². The van der Waals surface area contributed by atoms with Crippen molar-refractivity contribution in [1.82, 2.24) is 24.9 Å². The average Bonchev–Trinajstić information content (AvgIpc) is 3.02. The zero-order chi connectivity index (χ0) is 19.7. The van der Waals surface area contributed by atoms with E-state index in [9.17, 15) is 14.0 Å². The molecule has 8 heteroatoms. The van der Waals surface area contributed by atoms with E-state index in [0.717, 1.165) is 10.2 Å². The topological polar surface area (TPSA) is 81.8 Å². The van der Waals surface area contributed by atoms with E-state index in [1.54, 1.807) is 30.7 Å². The molecule has 0 fully saturated rings. The minimum absolute atomic E-state index is 0.0908. The number of carbonyl (C=O) groups is 1. The quantitative estimate of drug-likeness (QED) is 0.747. The summed E-state index contributed by atoms with van der Waals surface area (Å²) in [5.74, 6) is -0.798. The summed E-state index contributed by atoms with van der Waals surface area (Å²) in [5, 5.41) is 11.4. The predicted octanol–water partition coefficient (Wildman–Crippen LogP) is 2.50. The summed E-state index contributed by atoms with van der Waals surface area (Å²) in [7, 11) is 0. The molecular weight excluding hydrogens is 349 g/mol. The molecule has 0 aliphatic carbocycles. The Morgan fingerprint density at radius 1 is 1.22 bits per heavy atom. The van der Waals surface area contributed by atoms with Crippen LogP contribution in [0.3, 0.4) is 0 Å². The molecule has 1 atom stereocenters. The number of aryl methyl sites for hydroxylation is 1. The normalized spacial score (nSPS) is 12.5. The second-order valence-electron chi connectivity index (χ2n) is 6.90. The number of fused-ring (bicyclic) bond motifs is 1. The first-order chi connectivity index (χ1) is 12.8. The third kappa shape index (κ3) is 3.74. The number of hydrogen-bond donors (Lipinski definition) is 1. The van der Waals surface area contributed by atoms with Crippen LogP contribution < -0.4 is 10.9 Å². The SMILES string of the molecule is Cc1ccc([C@H](C)NC(=O)Cn2ncc3c(cnn3C(C)C)c2=O)c(F)c1. The second-order valence-corrected chi connectivity index (χ2v) is 6.90. The van der Waals surface area contributed by atoms with Crippen LogP contribution in [-0.2, 0) is 11.3 Å². The van der Waals surface area contributed by atoms with Gasteiger partial charge in [0, 0.05) is 11.6 Å². The van der Waals surface area contributed by atoms with Gasteiger partial charge in [0.2, 0.25) is 5.91 Å². The number of nitrogens with one attached hydrogen (secondary N) is 1. The highest BCUT2D eigenvalue weighted by Gasteiger charge is 2.16. The minimum Gasteiger partial charge on any atom is -0.348 e. The van der Waals surface area contributed by atoms with E-state index in [2.05, 4.69) is 15.5 Å². The molecule has 2 heterocycles. The Balaban J connectivity index is 1.78. The lowest BCUT2D eigenvalue weighted by molar-refractivity contribution is -0.122. The smallest absolute Gasteiger partial charge is 0.278 e. The lowest BCUT2D eigenvalue weighted by atomic mass is 10.1. The van der Waals surface area contributed by atoms with Crippen LogP contribution in [0.2, 0.25) is 0 Å². The van der Waals surface area contributed by atoms with Crippen molar-refractivity contribution in [3.63, 3.8) is 0 Å². The molecule has 0 unspecified atom stereocenters. The van der Waals surface area contributed by atoms with Gasteiger partial charge in [0.25, 0.3) is 5.56 Å². The predicted molar refractivity (Wildman–Crippen MR) is 99.9 cm³/mol. The van der Waals surface area contributed by atoms with E-state index in [1.807, 2.05) is 13.8 Å². The highest BCUT2D eigenvalue weighted by molar-refractivity contribution is 5.78. The largest absolute Gasteiger partial charge is 0.348 e. The second kappa shape index (κ2) is 7.30. The van der Waals surface area contributed by atoms with E-state index in [0.29, 0.717) is 16.5 Å². The molecule has 0 bridgehead atoms. The number of aromatic nitrogens is 4. The van der Waals surface area contributed by atoms with Gasteiger partial charge in [-0.25, -0.2) is 9.07 Å².